The second-order valence-corrected chi connectivity index (χ2v) is 7.13. The van der Waals surface area contributed by atoms with Crippen molar-refractivity contribution < 1.29 is 28.7 Å². The maximum absolute atomic E-state index is 12.6. The first-order valence-corrected chi connectivity index (χ1v) is 10.2. The van der Waals surface area contributed by atoms with Crippen molar-refractivity contribution in [3.8, 4) is 39.7 Å². The number of benzene rings is 3. The second kappa shape index (κ2) is 9.37. The topological polar surface area (TPSA) is 124 Å². The highest BCUT2D eigenvalue weighted by Gasteiger charge is 2.30. The monoisotopic (exact) mass is 460 g/mol. The van der Waals surface area contributed by atoms with E-state index in [2.05, 4.69) is 5.32 Å². The minimum absolute atomic E-state index is 0.0245. The first-order chi connectivity index (χ1) is 16.4. The van der Waals surface area contributed by atoms with Gasteiger partial charge < -0.3 is 24.3 Å². The molecule has 172 valence electrons. The molecule has 0 saturated heterocycles. The fourth-order valence-corrected chi connectivity index (χ4v) is 3.56. The normalized spacial score (nSPS) is 10.5. The number of nitro groups is 1. The van der Waals surface area contributed by atoms with Crippen molar-refractivity contribution in [2.45, 2.75) is 0 Å². The molecule has 9 heteroatoms. The van der Waals surface area contributed by atoms with E-state index in [0.717, 1.165) is 0 Å². The van der Waals surface area contributed by atoms with E-state index in [1.54, 1.807) is 61.6 Å². The van der Waals surface area contributed by atoms with Crippen LogP contribution in [0.5, 0.6) is 17.2 Å². The molecule has 0 aliphatic carbocycles. The molecule has 4 rings (SSSR count). The van der Waals surface area contributed by atoms with Crippen LogP contribution >= 0.6 is 0 Å². The van der Waals surface area contributed by atoms with Crippen molar-refractivity contribution in [2.24, 2.45) is 0 Å². The van der Waals surface area contributed by atoms with Gasteiger partial charge in [0, 0.05) is 7.05 Å². The Hall–Kier alpha value is -4.79. The van der Waals surface area contributed by atoms with E-state index in [4.69, 9.17) is 13.9 Å². The molecule has 1 heterocycles. The standard InChI is InChI=1S/C25H20N2O7/c1-26-24-20(15-8-6-9-16(14-15)25(29)33-17-10-4-3-5-11-17)22(28)23(34-24)18-12-7-13-19(32-2)21(18)27(30)31/h3-14,26,28H,1-2H3. The highest BCUT2D eigenvalue weighted by molar-refractivity contribution is 5.95. The van der Waals surface area contributed by atoms with Gasteiger partial charge in [0.25, 0.3) is 0 Å². The largest absolute Gasteiger partial charge is 0.504 e. The lowest BCUT2D eigenvalue weighted by Gasteiger charge is -2.07. The van der Waals surface area contributed by atoms with Crippen molar-refractivity contribution in [3.63, 3.8) is 0 Å². The van der Waals surface area contributed by atoms with Gasteiger partial charge >= 0.3 is 11.7 Å². The summed E-state index contributed by atoms with van der Waals surface area (Å²) in [5, 5.41) is 25.6. The van der Waals surface area contributed by atoms with Gasteiger partial charge in [-0.05, 0) is 42.0 Å². The number of hydrogen-bond acceptors (Lipinski definition) is 8. The molecule has 2 N–H and O–H groups in total. The van der Waals surface area contributed by atoms with Gasteiger partial charge in [-0.1, -0.05) is 36.4 Å². The Morgan fingerprint density at radius 1 is 1.06 bits per heavy atom. The molecule has 0 amide bonds. The molecule has 0 radical (unpaired) electrons. The second-order valence-electron chi connectivity index (χ2n) is 7.13. The summed E-state index contributed by atoms with van der Waals surface area (Å²) in [6.07, 6.45) is 0. The number of para-hydroxylation sites is 2. The smallest absolute Gasteiger partial charge is 0.343 e. The van der Waals surface area contributed by atoms with Crippen LogP contribution in [0.1, 0.15) is 10.4 Å². The highest BCUT2D eigenvalue weighted by atomic mass is 16.6. The number of ether oxygens (including phenoxy) is 2. The third-order valence-corrected chi connectivity index (χ3v) is 5.10. The Morgan fingerprint density at radius 3 is 2.47 bits per heavy atom. The number of carbonyl (C=O) groups excluding carboxylic acids is 1. The number of aromatic hydroxyl groups is 1. The summed E-state index contributed by atoms with van der Waals surface area (Å²) in [6, 6.07) is 19.5. The average molecular weight is 460 g/mol. The Labute approximate surface area is 194 Å². The quantitative estimate of drug-likeness (QED) is 0.160. The molecule has 0 saturated carbocycles. The third kappa shape index (κ3) is 4.14. The fraction of sp³-hybridized carbons (Fsp3) is 0.0800. The van der Waals surface area contributed by atoms with Gasteiger partial charge in [0.1, 0.15) is 11.3 Å². The number of methoxy groups -OCH3 is 1. The molecule has 0 unspecified atom stereocenters. The summed E-state index contributed by atoms with van der Waals surface area (Å²) in [5.74, 6) is -0.426. The van der Waals surface area contributed by atoms with E-state index in [-0.39, 0.29) is 45.5 Å². The first kappa shape index (κ1) is 22.4. The lowest BCUT2D eigenvalue weighted by atomic mass is 10.0. The van der Waals surface area contributed by atoms with E-state index >= 15 is 0 Å². The van der Waals surface area contributed by atoms with Gasteiger partial charge in [0.05, 0.1) is 23.2 Å². The van der Waals surface area contributed by atoms with Gasteiger partial charge in [0.2, 0.25) is 5.88 Å². The molecule has 4 aromatic rings. The lowest BCUT2D eigenvalue weighted by Crippen LogP contribution is -2.08. The summed E-state index contributed by atoms with van der Waals surface area (Å²) in [5.41, 5.74) is 0.638. The van der Waals surface area contributed by atoms with Gasteiger partial charge in [0.15, 0.2) is 17.3 Å². The van der Waals surface area contributed by atoms with Crippen LogP contribution in [0.15, 0.2) is 77.2 Å². The third-order valence-electron chi connectivity index (χ3n) is 5.10. The number of nitrogens with one attached hydrogen (secondary N) is 1. The Kier molecular flexibility index (Phi) is 6.18. The van der Waals surface area contributed by atoms with Crippen LogP contribution in [0.2, 0.25) is 0 Å². The molecular formula is C25H20N2O7. The van der Waals surface area contributed by atoms with Crippen LogP contribution in [0.4, 0.5) is 11.6 Å². The molecule has 0 atom stereocenters. The Bertz CT molecular complexity index is 1360. The highest BCUT2D eigenvalue weighted by Crippen LogP contribution is 2.49. The van der Waals surface area contributed by atoms with Crippen molar-refractivity contribution in [3.05, 3.63) is 88.5 Å². The predicted octanol–water partition coefficient (Wildman–Crippen LogP) is 5.50. The number of anilines is 1. The number of furan rings is 1. The predicted molar refractivity (Wildman–Crippen MR) is 125 cm³/mol. The van der Waals surface area contributed by atoms with Gasteiger partial charge in [-0.3, -0.25) is 10.1 Å². The van der Waals surface area contributed by atoms with Crippen molar-refractivity contribution in [1.29, 1.82) is 0 Å². The van der Waals surface area contributed by atoms with Crippen LogP contribution in [0.25, 0.3) is 22.5 Å². The summed E-state index contributed by atoms with van der Waals surface area (Å²) in [4.78, 5) is 23.8. The minimum atomic E-state index is -0.602. The van der Waals surface area contributed by atoms with E-state index < -0.39 is 10.9 Å². The lowest BCUT2D eigenvalue weighted by molar-refractivity contribution is -0.385. The number of carbonyl (C=O) groups is 1. The maximum atomic E-state index is 12.6. The SMILES string of the molecule is CNc1oc(-c2cccc(OC)c2[N+](=O)[O-])c(O)c1-c1cccc(C(=O)Oc2ccccc2)c1. The van der Waals surface area contributed by atoms with Crippen molar-refractivity contribution >= 4 is 17.5 Å². The van der Waals surface area contributed by atoms with Crippen LogP contribution in [-0.4, -0.2) is 30.2 Å². The van der Waals surface area contributed by atoms with E-state index in [1.165, 1.54) is 19.2 Å². The van der Waals surface area contributed by atoms with E-state index in [0.29, 0.717) is 11.3 Å². The van der Waals surface area contributed by atoms with E-state index in [9.17, 15) is 20.0 Å². The summed E-state index contributed by atoms with van der Waals surface area (Å²) < 4.78 is 16.3. The van der Waals surface area contributed by atoms with Crippen LogP contribution in [0.3, 0.4) is 0 Å². The van der Waals surface area contributed by atoms with Gasteiger partial charge in [-0.2, -0.15) is 0 Å². The molecule has 0 aliphatic heterocycles. The molecule has 0 spiro atoms. The number of hydrogen-bond donors (Lipinski definition) is 2. The van der Waals surface area contributed by atoms with Crippen LogP contribution in [-0.2, 0) is 0 Å². The van der Waals surface area contributed by atoms with Crippen molar-refractivity contribution in [1.82, 2.24) is 0 Å². The average Bonchev–Trinajstić information content (AvgIpc) is 3.20. The van der Waals surface area contributed by atoms with Gasteiger partial charge in [-0.15, -0.1) is 0 Å². The fourth-order valence-electron chi connectivity index (χ4n) is 3.56. The molecule has 0 fully saturated rings. The molecule has 34 heavy (non-hydrogen) atoms. The zero-order chi connectivity index (χ0) is 24.2. The maximum Gasteiger partial charge on any atom is 0.343 e. The molecule has 0 aliphatic rings. The number of nitrogens with zero attached hydrogens (tertiary/aromatic N) is 1. The Balaban J connectivity index is 1.79. The van der Waals surface area contributed by atoms with Crippen LogP contribution in [0, 0.1) is 10.1 Å². The van der Waals surface area contributed by atoms with Crippen molar-refractivity contribution in [2.75, 3.05) is 19.5 Å². The molecular weight excluding hydrogens is 440 g/mol. The Morgan fingerprint density at radius 2 is 1.79 bits per heavy atom. The molecule has 9 nitrogen and oxygen atoms in total. The molecule has 0 bridgehead atoms. The summed E-state index contributed by atoms with van der Waals surface area (Å²) >= 11 is 0. The molecule has 1 aromatic heterocycles. The zero-order valence-corrected chi connectivity index (χ0v) is 18.3. The summed E-state index contributed by atoms with van der Waals surface area (Å²) in [7, 11) is 2.90. The summed E-state index contributed by atoms with van der Waals surface area (Å²) in [6.45, 7) is 0. The zero-order valence-electron chi connectivity index (χ0n) is 18.3. The first-order valence-electron chi connectivity index (χ1n) is 10.2. The van der Waals surface area contributed by atoms with Gasteiger partial charge in [-0.25, -0.2) is 4.79 Å². The van der Waals surface area contributed by atoms with E-state index in [1.807, 2.05) is 6.07 Å². The number of nitro benzene ring substituents is 1. The minimum Gasteiger partial charge on any atom is -0.504 e. The number of rotatable bonds is 7. The molecule has 3 aromatic carbocycles. The van der Waals surface area contributed by atoms with Crippen LogP contribution < -0.4 is 14.8 Å². The number of esters is 1.